The normalized spacial score (nSPS) is 13.3. The van der Waals surface area contributed by atoms with E-state index in [1.807, 2.05) is 0 Å². The molecule has 13 rings (SSSR count). The van der Waals surface area contributed by atoms with Crippen LogP contribution >= 0.6 is 0 Å². The number of benzene rings is 9. The van der Waals surface area contributed by atoms with Crippen LogP contribution in [0.25, 0.3) is 94.1 Å². The second-order valence-corrected chi connectivity index (χ2v) is 15.5. The molecule has 2 aromatic heterocycles. The Morgan fingerprint density at radius 1 is 0.362 bits per heavy atom. The van der Waals surface area contributed by atoms with E-state index in [9.17, 15) is 0 Å². The van der Waals surface area contributed by atoms with E-state index in [0.29, 0.717) is 17.6 Å². The second-order valence-electron chi connectivity index (χ2n) is 15.5. The van der Waals surface area contributed by atoms with Gasteiger partial charge >= 0.3 is 0 Å². The van der Waals surface area contributed by atoms with Gasteiger partial charge in [-0.1, -0.05) is 176 Å². The molecule has 2 heterocycles. The molecule has 11 aromatic rings. The molecule has 268 valence electrons. The molecule has 0 N–H and O–H groups in total. The van der Waals surface area contributed by atoms with E-state index in [1.54, 1.807) is 0 Å². The first-order valence-electron chi connectivity index (χ1n) is 19.9. The number of nitrogens with zero attached hydrogens (tertiary/aromatic N) is 4. The van der Waals surface area contributed by atoms with Crippen LogP contribution < -0.4 is 0 Å². The van der Waals surface area contributed by atoms with Crippen molar-refractivity contribution in [3.05, 3.63) is 217 Å². The minimum absolute atomic E-state index is 0.591. The molecule has 0 radical (unpaired) electrons. The van der Waals surface area contributed by atoms with Gasteiger partial charge in [0, 0.05) is 16.3 Å². The van der Waals surface area contributed by atoms with Gasteiger partial charge in [-0.2, -0.15) is 9.97 Å². The highest BCUT2D eigenvalue weighted by atomic mass is 15.2. The van der Waals surface area contributed by atoms with Gasteiger partial charge < -0.3 is 0 Å². The Hall–Kier alpha value is -7.69. The summed E-state index contributed by atoms with van der Waals surface area (Å²) < 4.78 is 2.29. The van der Waals surface area contributed by atoms with E-state index in [0.717, 1.165) is 38.7 Å². The lowest BCUT2D eigenvalue weighted by atomic mass is 9.71. The van der Waals surface area contributed by atoms with Gasteiger partial charge in [0.1, 0.15) is 5.41 Å². The summed E-state index contributed by atoms with van der Waals surface area (Å²) in [5.41, 5.74) is 13.0. The molecule has 0 aliphatic heterocycles. The number of fused-ring (bicyclic) bond motifs is 7. The van der Waals surface area contributed by atoms with Crippen molar-refractivity contribution in [3.8, 4) is 50.7 Å². The molecule has 0 atom stereocenters. The SMILES string of the molecule is c1ccc(C2(c3nc(-c4ccc5ccccc5c4)nc(-n4c5cccc6c5c5c7c(cccc7ccc54)-c4ccccc4-6)n3)c3ccccc3-c3ccccc32)cc1. The molecule has 4 heteroatoms. The fourth-order valence-electron chi connectivity index (χ4n) is 10.2. The summed E-state index contributed by atoms with van der Waals surface area (Å²) in [7, 11) is 0. The molecule has 2 aliphatic carbocycles. The molecule has 0 amide bonds. The van der Waals surface area contributed by atoms with Crippen LogP contribution in [0.5, 0.6) is 0 Å². The van der Waals surface area contributed by atoms with Crippen molar-refractivity contribution in [1.29, 1.82) is 0 Å². The largest absolute Gasteiger partial charge is 0.278 e. The number of rotatable bonds is 4. The van der Waals surface area contributed by atoms with Crippen molar-refractivity contribution in [2.24, 2.45) is 0 Å². The molecule has 2 aliphatic rings. The first-order chi connectivity index (χ1) is 28.8. The van der Waals surface area contributed by atoms with Crippen LogP contribution in [-0.2, 0) is 5.41 Å². The van der Waals surface area contributed by atoms with Gasteiger partial charge in [0.15, 0.2) is 11.6 Å². The van der Waals surface area contributed by atoms with Gasteiger partial charge in [0.2, 0.25) is 5.95 Å². The van der Waals surface area contributed by atoms with Crippen LogP contribution in [-0.4, -0.2) is 19.5 Å². The number of aromatic nitrogens is 4. The highest BCUT2D eigenvalue weighted by Crippen LogP contribution is 2.56. The molecule has 0 spiro atoms. The summed E-state index contributed by atoms with van der Waals surface area (Å²) in [5, 5.41) is 7.21. The smallest absolute Gasteiger partial charge is 0.238 e. The van der Waals surface area contributed by atoms with Crippen molar-refractivity contribution in [3.63, 3.8) is 0 Å². The van der Waals surface area contributed by atoms with Gasteiger partial charge in [-0.15, -0.1) is 0 Å². The standard InChI is InChI=1S/C54H32N4/c1-2-17-37(18-3-1)54(44-25-10-8-21-40(44)41-22-9-11-26-45(41)54)52-55-51(36-29-28-33-14-4-5-15-35(33)32-36)56-53(57-52)58-46-27-13-24-43-39-20-7-6-19-38(39)42-23-12-16-34-30-31-47(58)50(48(34)42)49(43)46/h1-32H. The second kappa shape index (κ2) is 11.7. The molecular weight excluding hydrogens is 705 g/mol. The first kappa shape index (κ1) is 31.5. The zero-order chi connectivity index (χ0) is 38.0. The van der Waals surface area contributed by atoms with Gasteiger partial charge in [-0.05, 0) is 89.8 Å². The first-order valence-corrected chi connectivity index (χ1v) is 19.9. The van der Waals surface area contributed by atoms with E-state index in [4.69, 9.17) is 15.0 Å². The van der Waals surface area contributed by atoms with Crippen LogP contribution in [0.4, 0.5) is 0 Å². The zero-order valence-electron chi connectivity index (χ0n) is 31.3. The van der Waals surface area contributed by atoms with E-state index < -0.39 is 5.41 Å². The average Bonchev–Trinajstić information content (AvgIpc) is 3.76. The number of hydrogen-bond acceptors (Lipinski definition) is 3. The lowest BCUT2D eigenvalue weighted by molar-refractivity contribution is 0.683. The Morgan fingerprint density at radius 2 is 0.931 bits per heavy atom. The molecule has 58 heavy (non-hydrogen) atoms. The van der Waals surface area contributed by atoms with Gasteiger partial charge in [-0.3, -0.25) is 4.57 Å². The third-order valence-electron chi connectivity index (χ3n) is 12.6. The Kier molecular flexibility index (Phi) is 6.34. The maximum absolute atomic E-state index is 5.73. The van der Waals surface area contributed by atoms with Crippen molar-refractivity contribution in [1.82, 2.24) is 19.5 Å². The molecule has 0 fully saturated rings. The Bertz CT molecular complexity index is 3480. The van der Waals surface area contributed by atoms with Crippen molar-refractivity contribution >= 4 is 43.4 Å². The molecule has 0 saturated carbocycles. The minimum Gasteiger partial charge on any atom is -0.278 e. The number of hydrogen-bond donors (Lipinski definition) is 0. The molecule has 9 aromatic carbocycles. The summed E-state index contributed by atoms with van der Waals surface area (Å²) >= 11 is 0. The topological polar surface area (TPSA) is 43.6 Å². The van der Waals surface area contributed by atoms with Crippen LogP contribution in [0.1, 0.15) is 22.5 Å². The van der Waals surface area contributed by atoms with E-state index in [1.165, 1.54) is 60.3 Å². The minimum atomic E-state index is -0.814. The van der Waals surface area contributed by atoms with Gasteiger partial charge in [-0.25, -0.2) is 4.98 Å². The summed E-state index contributed by atoms with van der Waals surface area (Å²) in [6, 6.07) is 70.0. The summed E-state index contributed by atoms with van der Waals surface area (Å²) in [4.78, 5) is 16.8. The maximum Gasteiger partial charge on any atom is 0.238 e. The van der Waals surface area contributed by atoms with Crippen molar-refractivity contribution in [2.75, 3.05) is 0 Å². The fraction of sp³-hybridized carbons (Fsp3) is 0.0185. The van der Waals surface area contributed by atoms with Crippen molar-refractivity contribution in [2.45, 2.75) is 5.41 Å². The predicted octanol–water partition coefficient (Wildman–Crippen LogP) is 13.0. The van der Waals surface area contributed by atoms with E-state index in [2.05, 4.69) is 199 Å². The Balaban J connectivity index is 1.20. The van der Waals surface area contributed by atoms with E-state index >= 15 is 0 Å². The lowest BCUT2D eigenvalue weighted by Gasteiger charge is -2.32. The van der Waals surface area contributed by atoms with Crippen molar-refractivity contribution < 1.29 is 0 Å². The van der Waals surface area contributed by atoms with E-state index in [-0.39, 0.29) is 0 Å². The van der Waals surface area contributed by atoms with Crippen LogP contribution in [0.15, 0.2) is 194 Å². The maximum atomic E-state index is 5.73. The highest BCUT2D eigenvalue weighted by molar-refractivity contribution is 6.30. The molecule has 0 unspecified atom stereocenters. The van der Waals surface area contributed by atoms with Gasteiger partial charge in [0.05, 0.1) is 11.0 Å². The Labute approximate surface area is 334 Å². The van der Waals surface area contributed by atoms with Crippen LogP contribution in [0.3, 0.4) is 0 Å². The lowest BCUT2D eigenvalue weighted by Crippen LogP contribution is -2.32. The third-order valence-corrected chi connectivity index (χ3v) is 12.6. The molecule has 0 bridgehead atoms. The monoisotopic (exact) mass is 736 g/mol. The predicted molar refractivity (Wildman–Crippen MR) is 236 cm³/mol. The quantitative estimate of drug-likeness (QED) is 0.181. The van der Waals surface area contributed by atoms with Crippen LogP contribution in [0, 0.1) is 0 Å². The average molecular weight is 737 g/mol. The van der Waals surface area contributed by atoms with Crippen LogP contribution in [0.2, 0.25) is 0 Å². The third kappa shape index (κ3) is 4.10. The molecule has 0 saturated heterocycles. The Morgan fingerprint density at radius 3 is 1.69 bits per heavy atom. The highest BCUT2D eigenvalue weighted by Gasteiger charge is 2.49. The zero-order valence-corrected chi connectivity index (χ0v) is 31.3. The fourth-order valence-corrected chi connectivity index (χ4v) is 10.2. The summed E-state index contributed by atoms with van der Waals surface area (Å²) in [6.07, 6.45) is 0. The summed E-state index contributed by atoms with van der Waals surface area (Å²) in [5.74, 6) is 1.91. The molecule has 4 nitrogen and oxygen atoms in total. The summed E-state index contributed by atoms with van der Waals surface area (Å²) in [6.45, 7) is 0. The van der Waals surface area contributed by atoms with Gasteiger partial charge in [0.25, 0.3) is 0 Å². The molecular formula is C54H32N4.